The number of unbranched alkanes of at least 4 members (excludes halogenated alkanes) is 4. The van der Waals surface area contributed by atoms with Crippen molar-refractivity contribution in [2.75, 3.05) is 6.61 Å². The Morgan fingerprint density at radius 2 is 1.83 bits per heavy atom. The zero-order valence-corrected chi connectivity index (χ0v) is 14.2. The van der Waals surface area contributed by atoms with Gasteiger partial charge in [-0.15, -0.1) is 0 Å². The summed E-state index contributed by atoms with van der Waals surface area (Å²) in [6.07, 6.45) is 8.89. The number of aryl methyl sites for hydroxylation is 1. The van der Waals surface area contributed by atoms with Crippen molar-refractivity contribution < 1.29 is 9.84 Å². The number of nitrogens with one attached hydrogen (secondary N) is 1. The first-order valence-corrected chi connectivity index (χ1v) is 8.62. The summed E-state index contributed by atoms with van der Waals surface area (Å²) in [6.45, 7) is 4.97. The molecule has 0 bridgehead atoms. The predicted molar refractivity (Wildman–Crippen MR) is 93.1 cm³/mol. The molecule has 2 aromatic rings. The molecule has 0 fully saturated rings. The summed E-state index contributed by atoms with van der Waals surface area (Å²) in [5.74, 6) is 2.34. The first-order chi connectivity index (χ1) is 11.2. The number of para-hydroxylation sites is 2. The van der Waals surface area contributed by atoms with Crippen LogP contribution in [0.15, 0.2) is 30.5 Å². The van der Waals surface area contributed by atoms with Crippen LogP contribution in [0.4, 0.5) is 0 Å². The topological polar surface area (TPSA) is 58.1 Å². The van der Waals surface area contributed by atoms with Gasteiger partial charge in [0.2, 0.25) is 0 Å². The van der Waals surface area contributed by atoms with Gasteiger partial charge < -0.3 is 14.8 Å². The molecule has 1 heterocycles. The smallest absolute Gasteiger partial charge is 0.160 e. The largest absolute Gasteiger partial charge is 0.504 e. The van der Waals surface area contributed by atoms with Crippen LogP contribution >= 0.6 is 0 Å². The summed E-state index contributed by atoms with van der Waals surface area (Å²) < 4.78 is 5.57. The average Bonchev–Trinajstić information content (AvgIpc) is 3.01. The molecule has 23 heavy (non-hydrogen) atoms. The van der Waals surface area contributed by atoms with E-state index in [9.17, 15) is 5.11 Å². The Labute approximate surface area is 138 Å². The number of hydrogen-bond donors (Lipinski definition) is 2. The number of phenols is 1. The molecule has 4 nitrogen and oxygen atoms in total. The lowest BCUT2D eigenvalue weighted by molar-refractivity contribution is 0.289. The second kappa shape index (κ2) is 9.23. The minimum Gasteiger partial charge on any atom is -0.504 e. The number of benzene rings is 1. The van der Waals surface area contributed by atoms with E-state index < -0.39 is 0 Å². The van der Waals surface area contributed by atoms with Crippen LogP contribution in [0.5, 0.6) is 11.5 Å². The number of aromatic nitrogens is 2. The monoisotopic (exact) mass is 316 g/mol. The molecule has 1 aromatic heterocycles. The van der Waals surface area contributed by atoms with Crippen LogP contribution in [0.1, 0.15) is 63.4 Å². The van der Waals surface area contributed by atoms with E-state index in [1.54, 1.807) is 18.2 Å². The van der Waals surface area contributed by atoms with E-state index in [-0.39, 0.29) is 5.75 Å². The molecule has 2 N–H and O–H groups in total. The van der Waals surface area contributed by atoms with Crippen LogP contribution < -0.4 is 4.74 Å². The molecule has 2 rings (SSSR count). The molecule has 0 atom stereocenters. The Bertz CT molecular complexity index is 578. The second-order valence-corrected chi connectivity index (χ2v) is 6.27. The summed E-state index contributed by atoms with van der Waals surface area (Å²) >= 11 is 0. The van der Waals surface area contributed by atoms with Gasteiger partial charge in [-0.25, -0.2) is 4.98 Å². The Balaban J connectivity index is 1.50. The van der Waals surface area contributed by atoms with Gasteiger partial charge in [0.25, 0.3) is 0 Å². The lowest BCUT2D eigenvalue weighted by atomic mass is 10.1. The fourth-order valence-corrected chi connectivity index (χ4v) is 2.50. The van der Waals surface area contributed by atoms with Crippen molar-refractivity contribution in [3.63, 3.8) is 0 Å². The van der Waals surface area contributed by atoms with E-state index in [2.05, 4.69) is 23.8 Å². The molecular formula is C19H28N2O2. The molecule has 0 spiro atoms. The van der Waals surface area contributed by atoms with Crippen molar-refractivity contribution in [3.05, 3.63) is 42.0 Å². The summed E-state index contributed by atoms with van der Waals surface area (Å²) in [7, 11) is 0. The third kappa shape index (κ3) is 5.97. The molecule has 126 valence electrons. The zero-order chi connectivity index (χ0) is 16.5. The Hall–Kier alpha value is -1.97. The molecule has 0 aliphatic rings. The van der Waals surface area contributed by atoms with Crippen LogP contribution in [0, 0.1) is 0 Å². The zero-order valence-electron chi connectivity index (χ0n) is 14.2. The van der Waals surface area contributed by atoms with Crippen LogP contribution in [0.25, 0.3) is 0 Å². The quantitative estimate of drug-likeness (QED) is 0.618. The van der Waals surface area contributed by atoms with Gasteiger partial charge in [-0.05, 0) is 31.4 Å². The molecule has 4 heteroatoms. The highest BCUT2D eigenvalue weighted by Crippen LogP contribution is 2.24. The highest BCUT2D eigenvalue weighted by molar-refractivity contribution is 5.37. The first kappa shape index (κ1) is 17.4. The first-order valence-electron chi connectivity index (χ1n) is 8.62. The number of phenolic OH excluding ortho intramolecular Hbond substituents is 1. The lowest BCUT2D eigenvalue weighted by Gasteiger charge is -2.07. The summed E-state index contributed by atoms with van der Waals surface area (Å²) in [6, 6.07) is 7.11. The number of hydrogen-bond acceptors (Lipinski definition) is 3. The van der Waals surface area contributed by atoms with E-state index >= 15 is 0 Å². The van der Waals surface area contributed by atoms with E-state index in [1.165, 1.54) is 25.0 Å². The van der Waals surface area contributed by atoms with Crippen LogP contribution in [-0.4, -0.2) is 21.7 Å². The van der Waals surface area contributed by atoms with Gasteiger partial charge in [0, 0.05) is 12.1 Å². The summed E-state index contributed by atoms with van der Waals surface area (Å²) in [4.78, 5) is 7.85. The van der Waals surface area contributed by atoms with Crippen LogP contribution in [0.2, 0.25) is 0 Å². The molecule has 0 saturated carbocycles. The van der Waals surface area contributed by atoms with E-state index in [1.807, 2.05) is 12.3 Å². The van der Waals surface area contributed by atoms with Crippen molar-refractivity contribution >= 4 is 0 Å². The Morgan fingerprint density at radius 1 is 1.09 bits per heavy atom. The van der Waals surface area contributed by atoms with Crippen molar-refractivity contribution in [1.29, 1.82) is 0 Å². The SMILES string of the molecule is CC(C)c1nc(CCCCCCCOc2ccccc2O)c[nH]1. The second-order valence-electron chi connectivity index (χ2n) is 6.27. The van der Waals surface area contributed by atoms with Gasteiger partial charge in [-0.3, -0.25) is 0 Å². The van der Waals surface area contributed by atoms with Crippen LogP contribution in [-0.2, 0) is 6.42 Å². The van der Waals surface area contributed by atoms with Crippen molar-refractivity contribution in [3.8, 4) is 11.5 Å². The van der Waals surface area contributed by atoms with E-state index in [0.717, 1.165) is 25.1 Å². The van der Waals surface area contributed by atoms with Gasteiger partial charge in [0.15, 0.2) is 11.5 Å². The molecule has 0 radical (unpaired) electrons. The van der Waals surface area contributed by atoms with Gasteiger partial charge in [0.1, 0.15) is 5.82 Å². The summed E-state index contributed by atoms with van der Waals surface area (Å²) in [5.41, 5.74) is 1.18. The minimum atomic E-state index is 0.215. The van der Waals surface area contributed by atoms with Crippen molar-refractivity contribution in [2.24, 2.45) is 0 Å². The molecule has 0 unspecified atom stereocenters. The number of imidazole rings is 1. The van der Waals surface area contributed by atoms with E-state index in [0.29, 0.717) is 18.3 Å². The average molecular weight is 316 g/mol. The fraction of sp³-hybridized carbons (Fsp3) is 0.526. The number of rotatable bonds is 10. The maximum Gasteiger partial charge on any atom is 0.160 e. The molecular weight excluding hydrogens is 288 g/mol. The van der Waals surface area contributed by atoms with Crippen molar-refractivity contribution in [2.45, 2.75) is 58.3 Å². The number of aromatic amines is 1. The minimum absolute atomic E-state index is 0.215. The molecule has 1 aromatic carbocycles. The normalized spacial score (nSPS) is 11.1. The number of nitrogens with zero attached hydrogens (tertiary/aromatic N) is 1. The maximum absolute atomic E-state index is 9.59. The number of ether oxygens (including phenoxy) is 1. The number of H-pyrrole nitrogens is 1. The van der Waals surface area contributed by atoms with E-state index in [4.69, 9.17) is 4.74 Å². The number of aromatic hydroxyl groups is 1. The molecule has 0 aliphatic heterocycles. The maximum atomic E-state index is 9.59. The molecule has 0 aliphatic carbocycles. The Morgan fingerprint density at radius 3 is 2.57 bits per heavy atom. The molecule has 0 amide bonds. The lowest BCUT2D eigenvalue weighted by Crippen LogP contribution is -1.97. The highest BCUT2D eigenvalue weighted by atomic mass is 16.5. The third-order valence-electron chi connectivity index (χ3n) is 3.90. The van der Waals surface area contributed by atoms with Crippen LogP contribution in [0.3, 0.4) is 0 Å². The predicted octanol–water partition coefficient (Wildman–Crippen LogP) is 4.81. The standard InChI is InChI=1S/C19H28N2O2/c1-15(2)19-20-14-16(21-19)10-6-4-3-5-9-13-23-18-12-8-7-11-17(18)22/h7-8,11-12,14-15,22H,3-6,9-10,13H2,1-2H3,(H,20,21). The Kier molecular flexibility index (Phi) is 6.98. The van der Waals surface area contributed by atoms with Gasteiger partial charge in [0.05, 0.1) is 12.3 Å². The van der Waals surface area contributed by atoms with Gasteiger partial charge in [-0.1, -0.05) is 45.2 Å². The summed E-state index contributed by atoms with van der Waals surface area (Å²) in [5, 5.41) is 9.59. The van der Waals surface area contributed by atoms with Gasteiger partial charge >= 0.3 is 0 Å². The molecule has 0 saturated heterocycles. The third-order valence-corrected chi connectivity index (χ3v) is 3.90. The van der Waals surface area contributed by atoms with Gasteiger partial charge in [-0.2, -0.15) is 0 Å². The fourth-order valence-electron chi connectivity index (χ4n) is 2.50. The van der Waals surface area contributed by atoms with Crippen molar-refractivity contribution in [1.82, 2.24) is 9.97 Å². The highest BCUT2D eigenvalue weighted by Gasteiger charge is 2.04.